The first-order valence-corrected chi connectivity index (χ1v) is 2.83. The van der Waals surface area contributed by atoms with Crippen molar-refractivity contribution in [3.8, 4) is 0 Å². The van der Waals surface area contributed by atoms with Gasteiger partial charge in [-0.1, -0.05) is 0 Å². The second kappa shape index (κ2) is 4.58. The average molecular weight is 151 g/mol. The number of carbonyl (C=O) groups is 1. The Hall–Kier alpha value is -0.280. The fourth-order valence-electron chi connectivity index (χ4n) is 0.788. The van der Waals surface area contributed by atoms with Crippen molar-refractivity contribution in [3.63, 3.8) is 0 Å². The quantitative estimate of drug-likeness (QED) is 0.510. The molecule has 0 aliphatic carbocycles. The highest BCUT2D eigenvalue weighted by Gasteiger charge is 2.04. The summed E-state index contributed by atoms with van der Waals surface area (Å²) in [6, 6.07) is 0. The molecule has 1 amide bonds. The third-order valence-electron chi connectivity index (χ3n) is 1.30. The summed E-state index contributed by atoms with van der Waals surface area (Å²) < 4.78 is 0. The zero-order valence-electron chi connectivity index (χ0n) is 5.17. The number of carbonyl (C=O) groups excluding carboxylic acids is 1. The van der Waals surface area contributed by atoms with Gasteiger partial charge in [-0.25, -0.2) is 0 Å². The van der Waals surface area contributed by atoms with Gasteiger partial charge in [0, 0.05) is 26.2 Å². The van der Waals surface area contributed by atoms with E-state index in [1.54, 1.807) is 4.90 Å². The van der Waals surface area contributed by atoms with Gasteiger partial charge in [0.05, 0.1) is 0 Å². The molecule has 4 heteroatoms. The molecule has 0 bridgehead atoms. The van der Waals surface area contributed by atoms with Crippen molar-refractivity contribution in [1.82, 2.24) is 10.2 Å². The molecule has 0 saturated carbocycles. The summed E-state index contributed by atoms with van der Waals surface area (Å²) in [6.45, 7) is 3.62. The fourth-order valence-corrected chi connectivity index (χ4v) is 0.788. The molecular formula is C5H11ClN2O. The van der Waals surface area contributed by atoms with E-state index in [1.807, 2.05) is 0 Å². The van der Waals surface area contributed by atoms with Crippen molar-refractivity contribution in [2.45, 2.75) is 0 Å². The SMILES string of the molecule is Cl.O=CN1CCNCC1. The molecule has 0 aromatic heterocycles. The van der Waals surface area contributed by atoms with E-state index in [0.717, 1.165) is 32.6 Å². The van der Waals surface area contributed by atoms with Crippen LogP contribution in [-0.2, 0) is 4.79 Å². The van der Waals surface area contributed by atoms with E-state index in [2.05, 4.69) is 5.32 Å². The van der Waals surface area contributed by atoms with Gasteiger partial charge in [-0.3, -0.25) is 4.79 Å². The Kier molecular flexibility index (Phi) is 4.44. The largest absolute Gasteiger partial charge is 0.343 e. The predicted octanol–water partition coefficient (Wildman–Crippen LogP) is -0.530. The molecule has 1 heterocycles. The van der Waals surface area contributed by atoms with E-state index in [0.29, 0.717) is 0 Å². The minimum atomic E-state index is 0. The van der Waals surface area contributed by atoms with Crippen molar-refractivity contribution >= 4 is 18.8 Å². The van der Waals surface area contributed by atoms with Crippen LogP contribution in [0.5, 0.6) is 0 Å². The van der Waals surface area contributed by atoms with Crippen LogP contribution in [0.3, 0.4) is 0 Å². The smallest absolute Gasteiger partial charge is 0.209 e. The van der Waals surface area contributed by atoms with Crippen LogP contribution >= 0.6 is 12.4 Å². The molecule has 9 heavy (non-hydrogen) atoms. The normalized spacial score (nSPS) is 18.4. The second-order valence-electron chi connectivity index (χ2n) is 1.89. The highest BCUT2D eigenvalue weighted by molar-refractivity contribution is 5.85. The van der Waals surface area contributed by atoms with Crippen LogP contribution < -0.4 is 5.32 Å². The number of rotatable bonds is 1. The lowest BCUT2D eigenvalue weighted by atomic mass is 10.4. The van der Waals surface area contributed by atoms with Crippen LogP contribution in [0.1, 0.15) is 0 Å². The van der Waals surface area contributed by atoms with Gasteiger partial charge in [-0.05, 0) is 0 Å². The van der Waals surface area contributed by atoms with E-state index in [-0.39, 0.29) is 12.4 Å². The molecule has 0 unspecified atom stereocenters. The fraction of sp³-hybridized carbons (Fsp3) is 0.800. The first kappa shape index (κ1) is 8.72. The molecule has 54 valence electrons. The Morgan fingerprint density at radius 3 is 2.22 bits per heavy atom. The van der Waals surface area contributed by atoms with Crippen LogP contribution in [0.25, 0.3) is 0 Å². The molecule has 1 aliphatic rings. The van der Waals surface area contributed by atoms with Crippen molar-refractivity contribution in [2.75, 3.05) is 26.2 Å². The summed E-state index contributed by atoms with van der Waals surface area (Å²) in [7, 11) is 0. The van der Waals surface area contributed by atoms with Crippen molar-refractivity contribution in [2.24, 2.45) is 0 Å². The minimum absolute atomic E-state index is 0. The van der Waals surface area contributed by atoms with E-state index < -0.39 is 0 Å². The molecule has 1 saturated heterocycles. The number of nitrogens with zero attached hydrogens (tertiary/aromatic N) is 1. The Morgan fingerprint density at radius 2 is 1.89 bits per heavy atom. The van der Waals surface area contributed by atoms with E-state index in [4.69, 9.17) is 0 Å². The van der Waals surface area contributed by atoms with Gasteiger partial charge < -0.3 is 10.2 Å². The first-order valence-electron chi connectivity index (χ1n) is 2.83. The van der Waals surface area contributed by atoms with Gasteiger partial charge >= 0.3 is 0 Å². The van der Waals surface area contributed by atoms with E-state index >= 15 is 0 Å². The van der Waals surface area contributed by atoms with Gasteiger partial charge in [-0.2, -0.15) is 0 Å². The van der Waals surface area contributed by atoms with Gasteiger partial charge in [0.15, 0.2) is 0 Å². The standard InChI is InChI=1S/C5H10N2O.ClH/c8-5-7-3-1-6-2-4-7;/h5-6H,1-4H2;1H. The molecule has 0 atom stereocenters. The monoisotopic (exact) mass is 150 g/mol. The number of amides is 1. The van der Waals surface area contributed by atoms with Crippen molar-refractivity contribution in [3.05, 3.63) is 0 Å². The molecular weight excluding hydrogens is 140 g/mol. The molecule has 1 rings (SSSR count). The van der Waals surface area contributed by atoms with Crippen LogP contribution in [-0.4, -0.2) is 37.5 Å². The molecule has 3 nitrogen and oxygen atoms in total. The molecule has 0 spiro atoms. The average Bonchev–Trinajstić information content (AvgIpc) is 1.90. The van der Waals surface area contributed by atoms with Crippen LogP contribution in [0, 0.1) is 0 Å². The number of hydrogen-bond donors (Lipinski definition) is 1. The molecule has 1 fully saturated rings. The van der Waals surface area contributed by atoms with Crippen LogP contribution in [0.4, 0.5) is 0 Å². The van der Waals surface area contributed by atoms with Gasteiger partial charge in [0.25, 0.3) is 0 Å². The predicted molar refractivity (Wildman–Crippen MR) is 37.8 cm³/mol. The Labute approximate surface area is 60.8 Å². The molecule has 1 aliphatic heterocycles. The third kappa shape index (κ3) is 2.67. The molecule has 0 aromatic rings. The second-order valence-corrected chi connectivity index (χ2v) is 1.89. The Balaban J connectivity index is 0.000000640. The topological polar surface area (TPSA) is 32.3 Å². The number of piperazine rings is 1. The summed E-state index contributed by atoms with van der Waals surface area (Å²) in [6.07, 6.45) is 0.904. The molecule has 0 radical (unpaired) electrons. The lowest BCUT2D eigenvalue weighted by molar-refractivity contribution is -0.118. The number of hydrogen-bond acceptors (Lipinski definition) is 2. The maximum atomic E-state index is 10.1. The van der Waals surface area contributed by atoms with Crippen molar-refractivity contribution < 1.29 is 4.79 Å². The zero-order chi connectivity index (χ0) is 5.82. The maximum Gasteiger partial charge on any atom is 0.209 e. The first-order chi connectivity index (χ1) is 3.93. The summed E-state index contributed by atoms with van der Waals surface area (Å²) in [4.78, 5) is 11.8. The maximum absolute atomic E-state index is 10.1. The number of halogens is 1. The molecule has 1 N–H and O–H groups in total. The van der Waals surface area contributed by atoms with Crippen molar-refractivity contribution in [1.29, 1.82) is 0 Å². The highest BCUT2D eigenvalue weighted by atomic mass is 35.5. The Bertz CT molecular complexity index is 83.0. The third-order valence-corrected chi connectivity index (χ3v) is 1.30. The molecule has 0 aromatic carbocycles. The van der Waals surface area contributed by atoms with Gasteiger partial charge in [0.1, 0.15) is 0 Å². The van der Waals surface area contributed by atoms with E-state index in [1.165, 1.54) is 0 Å². The van der Waals surface area contributed by atoms with Gasteiger partial charge in [0.2, 0.25) is 6.41 Å². The summed E-state index contributed by atoms with van der Waals surface area (Å²) in [5, 5.41) is 3.15. The minimum Gasteiger partial charge on any atom is -0.343 e. The highest BCUT2D eigenvalue weighted by Crippen LogP contribution is 1.84. The van der Waals surface area contributed by atoms with E-state index in [9.17, 15) is 4.79 Å². The van der Waals surface area contributed by atoms with Crippen LogP contribution in [0.2, 0.25) is 0 Å². The van der Waals surface area contributed by atoms with Crippen LogP contribution in [0.15, 0.2) is 0 Å². The summed E-state index contributed by atoms with van der Waals surface area (Å²) in [5.41, 5.74) is 0. The lowest BCUT2D eigenvalue weighted by Gasteiger charge is -2.22. The summed E-state index contributed by atoms with van der Waals surface area (Å²) in [5.74, 6) is 0. The zero-order valence-corrected chi connectivity index (χ0v) is 5.99. The lowest BCUT2D eigenvalue weighted by Crippen LogP contribution is -2.42. The van der Waals surface area contributed by atoms with Gasteiger partial charge in [-0.15, -0.1) is 12.4 Å². The summed E-state index contributed by atoms with van der Waals surface area (Å²) >= 11 is 0. The number of nitrogens with one attached hydrogen (secondary N) is 1. The Morgan fingerprint density at radius 1 is 1.33 bits per heavy atom.